The molecule has 0 amide bonds. The first-order chi connectivity index (χ1) is 19.9. The minimum atomic E-state index is 0.324. The van der Waals surface area contributed by atoms with E-state index in [2.05, 4.69) is 67.2 Å². The molecule has 256 valence electrons. The number of ether oxygens (including phenoxy) is 7. The van der Waals surface area contributed by atoms with Crippen LogP contribution in [0.4, 0.5) is 0 Å². The third-order valence-corrected chi connectivity index (χ3v) is 4.84. The zero-order valence-corrected chi connectivity index (χ0v) is 30.5. The molecule has 7 heteroatoms. The first-order valence-corrected chi connectivity index (χ1v) is 16.4. The monoisotopic (exact) mass is 607 g/mol. The SMILES string of the molecule is CC(C)OC1CCC1.CCCCOCCOC(C)C.CCCOC(C)C.COCC#CC(C)C.COCCOC(C)C. The van der Waals surface area contributed by atoms with Crippen LogP contribution in [0.2, 0.25) is 0 Å². The van der Waals surface area contributed by atoms with Crippen molar-refractivity contribution in [3.05, 3.63) is 0 Å². The van der Waals surface area contributed by atoms with Crippen molar-refractivity contribution >= 4 is 0 Å². The van der Waals surface area contributed by atoms with Crippen molar-refractivity contribution in [2.24, 2.45) is 5.92 Å². The zero-order chi connectivity index (χ0) is 33.0. The van der Waals surface area contributed by atoms with Crippen molar-refractivity contribution in [1.29, 1.82) is 0 Å². The average Bonchev–Trinajstić information content (AvgIpc) is 2.88. The van der Waals surface area contributed by atoms with Crippen LogP contribution < -0.4 is 0 Å². The minimum absolute atomic E-state index is 0.324. The molecule has 0 bridgehead atoms. The molecule has 0 atom stereocenters. The fraction of sp³-hybridized carbons (Fsp3) is 0.943. The van der Waals surface area contributed by atoms with Crippen molar-refractivity contribution in [3.8, 4) is 11.8 Å². The minimum Gasteiger partial charge on any atom is -0.382 e. The summed E-state index contributed by atoms with van der Waals surface area (Å²) in [6.45, 7) is 30.0. The third kappa shape index (κ3) is 58.8. The maximum atomic E-state index is 5.49. The van der Waals surface area contributed by atoms with E-state index in [-0.39, 0.29) is 0 Å². The second kappa shape index (κ2) is 40.3. The summed E-state index contributed by atoms with van der Waals surface area (Å²) in [5.41, 5.74) is 0. The summed E-state index contributed by atoms with van der Waals surface area (Å²) >= 11 is 0. The van der Waals surface area contributed by atoms with E-state index in [1.165, 1.54) is 25.7 Å². The predicted molar refractivity (Wildman–Crippen MR) is 180 cm³/mol. The first kappa shape index (κ1) is 48.2. The molecule has 0 aromatic heterocycles. The van der Waals surface area contributed by atoms with E-state index in [0.29, 0.717) is 56.3 Å². The summed E-state index contributed by atoms with van der Waals surface area (Å²) in [7, 11) is 3.32. The van der Waals surface area contributed by atoms with E-state index in [1.807, 2.05) is 27.7 Å². The largest absolute Gasteiger partial charge is 0.382 e. The smallest absolute Gasteiger partial charge is 0.107 e. The molecule has 0 heterocycles. The lowest BCUT2D eigenvalue weighted by Gasteiger charge is -2.27. The Kier molecular flexibility index (Phi) is 46.2. The van der Waals surface area contributed by atoms with Gasteiger partial charge in [0.2, 0.25) is 0 Å². The van der Waals surface area contributed by atoms with E-state index in [1.54, 1.807) is 14.2 Å². The number of rotatable bonds is 17. The zero-order valence-electron chi connectivity index (χ0n) is 30.5. The van der Waals surface area contributed by atoms with Gasteiger partial charge in [0.25, 0.3) is 0 Å². The third-order valence-electron chi connectivity index (χ3n) is 4.84. The van der Waals surface area contributed by atoms with Gasteiger partial charge in [0, 0.05) is 33.4 Å². The Bertz CT molecular complexity index is 521. The molecular weight excluding hydrogens is 532 g/mol. The molecule has 1 fully saturated rings. The molecule has 1 aliphatic rings. The molecule has 0 saturated heterocycles. The van der Waals surface area contributed by atoms with Crippen LogP contribution in [0.1, 0.15) is 122 Å². The van der Waals surface area contributed by atoms with Crippen LogP contribution in [-0.4, -0.2) is 91.0 Å². The van der Waals surface area contributed by atoms with E-state index < -0.39 is 0 Å². The van der Waals surface area contributed by atoms with Gasteiger partial charge >= 0.3 is 0 Å². The lowest BCUT2D eigenvalue weighted by Crippen LogP contribution is -2.24. The molecule has 0 unspecified atom stereocenters. The molecule has 1 aliphatic carbocycles. The summed E-state index contributed by atoms with van der Waals surface area (Å²) in [6.07, 6.45) is 9.52. The van der Waals surface area contributed by atoms with Crippen LogP contribution in [0.5, 0.6) is 0 Å². The van der Waals surface area contributed by atoms with Crippen LogP contribution >= 0.6 is 0 Å². The molecule has 0 aromatic carbocycles. The molecule has 7 nitrogen and oxygen atoms in total. The number of hydrogen-bond donors (Lipinski definition) is 0. The van der Waals surface area contributed by atoms with Gasteiger partial charge in [-0.3, -0.25) is 0 Å². The quantitative estimate of drug-likeness (QED) is 0.122. The van der Waals surface area contributed by atoms with E-state index in [4.69, 9.17) is 33.2 Å². The standard InChI is InChI=1S/C9H20O2.C7H14O.C7H12O.C6H14O2.C6H14O/c1-4-5-6-10-7-8-11-9(2)3;1-6(2)8-7-4-3-5-7;1-7(2)5-4-6-8-3;1-6(2)8-5-4-7-3;1-4-5-7-6(2)3/h9H,4-8H2,1-3H3;6-7H,3-5H2,1-2H3;7H,6H2,1-3H3;6H,4-5H2,1-3H3;6H,4-5H2,1-3H3. The van der Waals surface area contributed by atoms with Gasteiger partial charge in [0.15, 0.2) is 0 Å². The van der Waals surface area contributed by atoms with Crippen molar-refractivity contribution < 1.29 is 33.2 Å². The van der Waals surface area contributed by atoms with Crippen LogP contribution in [0, 0.1) is 17.8 Å². The fourth-order valence-electron chi connectivity index (χ4n) is 2.62. The van der Waals surface area contributed by atoms with Crippen LogP contribution in [0.25, 0.3) is 0 Å². The van der Waals surface area contributed by atoms with Crippen molar-refractivity contribution in [2.75, 3.05) is 60.5 Å². The molecule has 42 heavy (non-hydrogen) atoms. The Balaban J connectivity index is -0.000000217. The molecular formula is C35H74O7. The van der Waals surface area contributed by atoms with Gasteiger partial charge in [-0.15, -0.1) is 0 Å². The summed E-state index contributed by atoms with van der Waals surface area (Å²) < 4.78 is 35.9. The second-order valence-corrected chi connectivity index (χ2v) is 11.4. The van der Waals surface area contributed by atoms with Gasteiger partial charge in [0.1, 0.15) is 6.61 Å². The molecule has 1 saturated carbocycles. The maximum absolute atomic E-state index is 5.49. The average molecular weight is 607 g/mol. The Morgan fingerprint density at radius 1 is 0.595 bits per heavy atom. The van der Waals surface area contributed by atoms with E-state index in [0.717, 1.165) is 39.3 Å². The summed E-state index contributed by atoms with van der Waals surface area (Å²) in [4.78, 5) is 0. The van der Waals surface area contributed by atoms with Gasteiger partial charge in [-0.2, -0.15) is 0 Å². The lowest BCUT2D eigenvalue weighted by atomic mass is 9.96. The summed E-state index contributed by atoms with van der Waals surface area (Å²) in [5.74, 6) is 6.30. The Labute approximate surface area is 263 Å². The molecule has 0 N–H and O–H groups in total. The highest BCUT2D eigenvalue weighted by molar-refractivity contribution is 5.01. The molecule has 0 spiro atoms. The number of hydrogen-bond acceptors (Lipinski definition) is 7. The van der Waals surface area contributed by atoms with Crippen molar-refractivity contribution in [1.82, 2.24) is 0 Å². The summed E-state index contributed by atoms with van der Waals surface area (Å²) in [6, 6.07) is 0. The molecule has 1 rings (SSSR count). The second-order valence-electron chi connectivity index (χ2n) is 11.4. The van der Waals surface area contributed by atoms with Gasteiger partial charge in [-0.05, 0) is 87.5 Å². The molecule has 0 aromatic rings. The van der Waals surface area contributed by atoms with E-state index in [9.17, 15) is 0 Å². The van der Waals surface area contributed by atoms with E-state index >= 15 is 0 Å². The highest BCUT2D eigenvalue weighted by atomic mass is 16.5. The first-order valence-electron chi connectivity index (χ1n) is 16.4. The Morgan fingerprint density at radius 3 is 1.43 bits per heavy atom. The maximum Gasteiger partial charge on any atom is 0.107 e. The normalized spacial score (nSPS) is 12.3. The summed E-state index contributed by atoms with van der Waals surface area (Å²) in [5, 5.41) is 0. The highest BCUT2D eigenvalue weighted by Crippen LogP contribution is 2.22. The topological polar surface area (TPSA) is 64.6 Å². The van der Waals surface area contributed by atoms with Gasteiger partial charge in [-0.1, -0.05) is 46.0 Å². The van der Waals surface area contributed by atoms with Gasteiger partial charge < -0.3 is 33.2 Å². The van der Waals surface area contributed by atoms with Gasteiger partial charge in [-0.25, -0.2) is 0 Å². The predicted octanol–water partition coefficient (Wildman–Crippen LogP) is 8.36. The number of methoxy groups -OCH3 is 2. The van der Waals surface area contributed by atoms with Gasteiger partial charge in [0.05, 0.1) is 56.9 Å². The Morgan fingerprint density at radius 2 is 1.12 bits per heavy atom. The van der Waals surface area contributed by atoms with Crippen LogP contribution in [-0.2, 0) is 33.2 Å². The highest BCUT2D eigenvalue weighted by Gasteiger charge is 2.18. The molecule has 0 radical (unpaired) electrons. The van der Waals surface area contributed by atoms with Crippen molar-refractivity contribution in [2.45, 2.75) is 152 Å². The van der Waals surface area contributed by atoms with Crippen LogP contribution in [0.15, 0.2) is 0 Å². The fourth-order valence-corrected chi connectivity index (χ4v) is 2.62. The van der Waals surface area contributed by atoms with Crippen LogP contribution in [0.3, 0.4) is 0 Å². The molecule has 0 aliphatic heterocycles. The number of unbranched alkanes of at least 4 members (excludes halogenated alkanes) is 1. The Hall–Kier alpha value is -0.720. The lowest BCUT2D eigenvalue weighted by molar-refractivity contribution is -0.0347. The van der Waals surface area contributed by atoms with Crippen molar-refractivity contribution in [3.63, 3.8) is 0 Å².